The lowest BCUT2D eigenvalue weighted by atomic mass is 10.2. The van der Waals surface area contributed by atoms with Crippen molar-refractivity contribution in [2.24, 2.45) is 0 Å². The van der Waals surface area contributed by atoms with Gasteiger partial charge in [-0.1, -0.05) is 24.8 Å². The second-order valence-corrected chi connectivity index (χ2v) is 5.02. The van der Waals surface area contributed by atoms with Crippen LogP contribution in [0.15, 0.2) is 36.9 Å². The summed E-state index contributed by atoms with van der Waals surface area (Å²) in [5, 5.41) is 2.62. The molecular weight excluding hydrogens is 280 g/mol. The number of hydrogen-bond acceptors (Lipinski definition) is 3. The molecule has 22 heavy (non-hydrogen) atoms. The molecule has 0 unspecified atom stereocenters. The van der Waals surface area contributed by atoms with Crippen LogP contribution in [-0.2, 0) is 16.1 Å². The van der Waals surface area contributed by atoms with Gasteiger partial charge >= 0.3 is 0 Å². The Hall–Kier alpha value is -2.30. The SMILES string of the molecule is C=CCOc1cccc(CN(CC)C(=O)[C@H](C)NC(C)=O)c1. The number of nitrogens with one attached hydrogen (secondary N) is 1. The molecule has 1 aromatic rings. The van der Waals surface area contributed by atoms with Crippen LogP contribution in [0.5, 0.6) is 5.75 Å². The highest BCUT2D eigenvalue weighted by atomic mass is 16.5. The smallest absolute Gasteiger partial charge is 0.245 e. The number of ether oxygens (including phenoxy) is 1. The number of amides is 2. The van der Waals surface area contributed by atoms with Crippen LogP contribution in [0.4, 0.5) is 0 Å². The van der Waals surface area contributed by atoms with E-state index in [-0.39, 0.29) is 11.8 Å². The van der Waals surface area contributed by atoms with Crippen LogP contribution in [-0.4, -0.2) is 35.9 Å². The van der Waals surface area contributed by atoms with E-state index in [1.807, 2.05) is 31.2 Å². The summed E-state index contributed by atoms with van der Waals surface area (Å²) in [6, 6.07) is 7.08. The molecule has 5 nitrogen and oxygen atoms in total. The standard InChI is InChI=1S/C17H24N2O3/c1-5-10-22-16-9-7-8-15(11-16)12-19(6-2)17(21)13(3)18-14(4)20/h5,7-9,11,13H,1,6,10,12H2,2-4H3,(H,18,20)/t13-/m0/s1. The van der Waals surface area contributed by atoms with Gasteiger partial charge in [0.25, 0.3) is 0 Å². The average Bonchev–Trinajstić information content (AvgIpc) is 2.49. The summed E-state index contributed by atoms with van der Waals surface area (Å²) in [6.45, 7) is 10.1. The largest absolute Gasteiger partial charge is 0.490 e. The van der Waals surface area contributed by atoms with Crippen LogP contribution in [0.1, 0.15) is 26.3 Å². The highest BCUT2D eigenvalue weighted by Gasteiger charge is 2.20. The number of likely N-dealkylation sites (N-methyl/N-ethyl adjacent to an activating group) is 1. The molecule has 120 valence electrons. The zero-order valence-electron chi connectivity index (χ0n) is 13.5. The quantitative estimate of drug-likeness (QED) is 0.748. The summed E-state index contributed by atoms with van der Waals surface area (Å²) in [5.41, 5.74) is 0.979. The van der Waals surface area contributed by atoms with Crippen molar-refractivity contribution in [2.45, 2.75) is 33.4 Å². The summed E-state index contributed by atoms with van der Waals surface area (Å²) in [7, 11) is 0. The van der Waals surface area contributed by atoms with Gasteiger partial charge in [0, 0.05) is 20.0 Å². The summed E-state index contributed by atoms with van der Waals surface area (Å²) in [6.07, 6.45) is 1.68. The van der Waals surface area contributed by atoms with Crippen LogP contribution in [0, 0.1) is 0 Å². The van der Waals surface area contributed by atoms with Crippen LogP contribution < -0.4 is 10.1 Å². The van der Waals surface area contributed by atoms with Gasteiger partial charge in [0.05, 0.1) is 0 Å². The van der Waals surface area contributed by atoms with E-state index in [1.54, 1.807) is 17.9 Å². The number of carbonyl (C=O) groups is 2. The molecule has 1 aromatic carbocycles. The molecule has 1 atom stereocenters. The third-order valence-corrected chi connectivity index (χ3v) is 3.12. The number of carbonyl (C=O) groups excluding carboxylic acids is 2. The normalized spacial score (nSPS) is 11.4. The Labute approximate surface area is 132 Å². The van der Waals surface area contributed by atoms with Crippen molar-refractivity contribution in [2.75, 3.05) is 13.2 Å². The molecule has 0 fully saturated rings. The Bertz CT molecular complexity index is 528. The number of nitrogens with zero attached hydrogens (tertiary/aromatic N) is 1. The molecule has 0 aromatic heterocycles. The number of rotatable bonds is 8. The van der Waals surface area contributed by atoms with Crippen LogP contribution >= 0.6 is 0 Å². The molecule has 0 heterocycles. The van der Waals surface area contributed by atoms with Crippen molar-refractivity contribution in [1.82, 2.24) is 10.2 Å². The van der Waals surface area contributed by atoms with E-state index in [4.69, 9.17) is 4.74 Å². The second-order valence-electron chi connectivity index (χ2n) is 5.02. The molecule has 5 heteroatoms. The van der Waals surface area contributed by atoms with Crippen LogP contribution in [0.2, 0.25) is 0 Å². The van der Waals surface area contributed by atoms with Crippen LogP contribution in [0.25, 0.3) is 0 Å². The van der Waals surface area contributed by atoms with Crippen molar-refractivity contribution in [3.05, 3.63) is 42.5 Å². The van der Waals surface area contributed by atoms with Crippen molar-refractivity contribution in [1.29, 1.82) is 0 Å². The number of hydrogen-bond donors (Lipinski definition) is 1. The summed E-state index contributed by atoms with van der Waals surface area (Å²) in [5.74, 6) is 0.433. The monoisotopic (exact) mass is 304 g/mol. The predicted octanol–water partition coefficient (Wildman–Crippen LogP) is 2.12. The van der Waals surface area contributed by atoms with Gasteiger partial charge in [-0.05, 0) is 31.5 Å². The van der Waals surface area contributed by atoms with E-state index in [1.165, 1.54) is 6.92 Å². The summed E-state index contributed by atoms with van der Waals surface area (Å²) in [4.78, 5) is 25.1. The first-order chi connectivity index (χ1) is 10.5. The predicted molar refractivity (Wildman–Crippen MR) is 86.5 cm³/mol. The molecule has 0 aliphatic heterocycles. The Morgan fingerprint density at radius 1 is 1.45 bits per heavy atom. The maximum atomic E-state index is 12.3. The highest BCUT2D eigenvalue weighted by molar-refractivity contribution is 5.86. The van der Waals surface area contributed by atoms with Gasteiger partial charge in [0.2, 0.25) is 11.8 Å². The van der Waals surface area contributed by atoms with E-state index < -0.39 is 6.04 Å². The minimum absolute atomic E-state index is 0.102. The van der Waals surface area contributed by atoms with Crippen molar-refractivity contribution in [3.8, 4) is 5.75 Å². The molecule has 0 aliphatic rings. The van der Waals surface area contributed by atoms with E-state index in [9.17, 15) is 9.59 Å². The Morgan fingerprint density at radius 2 is 2.18 bits per heavy atom. The third-order valence-electron chi connectivity index (χ3n) is 3.12. The molecule has 0 aliphatic carbocycles. The lowest BCUT2D eigenvalue weighted by molar-refractivity contribution is -0.135. The summed E-state index contributed by atoms with van der Waals surface area (Å²) < 4.78 is 5.49. The summed E-state index contributed by atoms with van der Waals surface area (Å²) >= 11 is 0. The maximum absolute atomic E-state index is 12.3. The fourth-order valence-electron chi connectivity index (χ4n) is 2.10. The van der Waals surface area contributed by atoms with Gasteiger partial charge in [0.15, 0.2) is 0 Å². The zero-order chi connectivity index (χ0) is 16.5. The minimum Gasteiger partial charge on any atom is -0.490 e. The fourth-order valence-corrected chi connectivity index (χ4v) is 2.10. The lowest BCUT2D eigenvalue weighted by Crippen LogP contribution is -2.46. The van der Waals surface area contributed by atoms with Gasteiger partial charge in [-0.25, -0.2) is 0 Å². The molecule has 0 spiro atoms. The van der Waals surface area contributed by atoms with E-state index in [0.717, 1.165) is 11.3 Å². The lowest BCUT2D eigenvalue weighted by Gasteiger charge is -2.25. The topological polar surface area (TPSA) is 58.6 Å². The molecule has 0 radical (unpaired) electrons. The maximum Gasteiger partial charge on any atom is 0.245 e. The Kier molecular flexibility index (Phi) is 7.16. The van der Waals surface area contributed by atoms with Gasteiger partial charge in [0.1, 0.15) is 18.4 Å². The molecule has 0 saturated carbocycles. The first-order valence-corrected chi connectivity index (χ1v) is 7.36. The highest BCUT2D eigenvalue weighted by Crippen LogP contribution is 2.15. The van der Waals surface area contributed by atoms with Crippen molar-refractivity contribution < 1.29 is 14.3 Å². The first kappa shape index (κ1) is 17.8. The van der Waals surface area contributed by atoms with Crippen molar-refractivity contribution in [3.63, 3.8) is 0 Å². The Balaban J connectivity index is 2.74. The van der Waals surface area contributed by atoms with E-state index >= 15 is 0 Å². The Morgan fingerprint density at radius 3 is 2.77 bits per heavy atom. The molecule has 0 bridgehead atoms. The average molecular weight is 304 g/mol. The van der Waals surface area contributed by atoms with Crippen LogP contribution in [0.3, 0.4) is 0 Å². The van der Waals surface area contributed by atoms with Gasteiger partial charge in [-0.15, -0.1) is 0 Å². The van der Waals surface area contributed by atoms with Gasteiger partial charge in [-0.2, -0.15) is 0 Å². The number of benzene rings is 1. The van der Waals surface area contributed by atoms with E-state index in [2.05, 4.69) is 11.9 Å². The fraction of sp³-hybridized carbons (Fsp3) is 0.412. The third kappa shape index (κ3) is 5.60. The zero-order valence-corrected chi connectivity index (χ0v) is 13.5. The second kappa shape index (κ2) is 8.87. The van der Waals surface area contributed by atoms with Gasteiger partial charge < -0.3 is 15.0 Å². The van der Waals surface area contributed by atoms with E-state index in [0.29, 0.717) is 19.7 Å². The molecule has 0 saturated heterocycles. The van der Waals surface area contributed by atoms with Crippen molar-refractivity contribution >= 4 is 11.8 Å². The molecular formula is C17H24N2O3. The molecule has 2 amide bonds. The molecule has 1 N–H and O–H groups in total. The first-order valence-electron chi connectivity index (χ1n) is 7.36. The minimum atomic E-state index is -0.530. The van der Waals surface area contributed by atoms with Gasteiger partial charge in [-0.3, -0.25) is 9.59 Å². The molecule has 1 rings (SSSR count).